The number of unbranched alkanes of at least 4 members (excludes halogenated alkanes) is 5. The minimum atomic E-state index is -1.08. The summed E-state index contributed by atoms with van der Waals surface area (Å²) in [5.74, 6) is -1.68. The average molecular weight is 368 g/mol. The molecule has 0 heterocycles. The zero-order valence-electron chi connectivity index (χ0n) is 15.9. The van der Waals surface area contributed by atoms with Crippen molar-refractivity contribution in [1.82, 2.24) is 0 Å². The Balaban J connectivity index is 2.02. The molecular formula is C23H28O4. The highest BCUT2D eigenvalue weighted by Gasteiger charge is 2.21. The number of carboxylic acid groups (broad SMARTS) is 1. The molecule has 2 aromatic rings. The van der Waals surface area contributed by atoms with Gasteiger partial charge < -0.3 is 9.84 Å². The molecule has 0 bridgehead atoms. The van der Waals surface area contributed by atoms with Crippen LogP contribution in [0.15, 0.2) is 48.5 Å². The second-order valence-corrected chi connectivity index (χ2v) is 6.72. The summed E-state index contributed by atoms with van der Waals surface area (Å²) in [7, 11) is 0. The molecule has 0 aliphatic carbocycles. The van der Waals surface area contributed by atoms with Crippen molar-refractivity contribution in [2.75, 3.05) is 0 Å². The van der Waals surface area contributed by atoms with E-state index in [1.54, 1.807) is 12.1 Å². The van der Waals surface area contributed by atoms with Crippen LogP contribution in [0, 0.1) is 0 Å². The predicted octanol–water partition coefficient (Wildman–Crippen LogP) is 5.64. The number of carbonyl (C=O) groups excluding carboxylic acids is 1. The number of hydrogen-bond donors (Lipinski definition) is 1. The lowest BCUT2D eigenvalue weighted by Crippen LogP contribution is -2.14. The molecule has 0 fully saturated rings. The summed E-state index contributed by atoms with van der Waals surface area (Å²) in [6.07, 6.45) is 7.48. The first-order chi connectivity index (χ1) is 13.1. The van der Waals surface area contributed by atoms with E-state index in [1.807, 2.05) is 30.3 Å². The number of carbonyl (C=O) groups is 2. The quantitative estimate of drug-likeness (QED) is 0.411. The van der Waals surface area contributed by atoms with E-state index in [0.29, 0.717) is 12.0 Å². The van der Waals surface area contributed by atoms with Gasteiger partial charge >= 0.3 is 11.9 Å². The van der Waals surface area contributed by atoms with E-state index in [1.165, 1.54) is 25.3 Å². The largest absolute Gasteiger partial charge is 0.478 e. The number of rotatable bonds is 11. The van der Waals surface area contributed by atoms with Gasteiger partial charge in [-0.25, -0.2) is 9.59 Å². The predicted molar refractivity (Wildman–Crippen MR) is 106 cm³/mol. The fraction of sp³-hybridized carbons (Fsp3) is 0.391. The van der Waals surface area contributed by atoms with Gasteiger partial charge in [-0.2, -0.15) is 0 Å². The van der Waals surface area contributed by atoms with E-state index in [2.05, 4.69) is 6.92 Å². The third-order valence-electron chi connectivity index (χ3n) is 4.60. The Morgan fingerprint density at radius 2 is 1.59 bits per heavy atom. The highest BCUT2D eigenvalue weighted by Crippen LogP contribution is 2.20. The van der Waals surface area contributed by atoms with Gasteiger partial charge in [-0.3, -0.25) is 0 Å². The number of hydrogen-bond acceptors (Lipinski definition) is 3. The van der Waals surface area contributed by atoms with E-state index < -0.39 is 11.9 Å². The van der Waals surface area contributed by atoms with Crippen LogP contribution in [0.4, 0.5) is 0 Å². The molecule has 0 aromatic heterocycles. The molecule has 0 saturated heterocycles. The molecule has 0 unspecified atom stereocenters. The molecule has 1 N–H and O–H groups in total. The molecule has 0 aliphatic heterocycles. The number of ether oxygens (including phenoxy) is 1. The average Bonchev–Trinajstić information content (AvgIpc) is 2.69. The van der Waals surface area contributed by atoms with Crippen LogP contribution in [-0.2, 0) is 17.8 Å². The molecule has 4 heteroatoms. The smallest absolute Gasteiger partial charge is 0.339 e. The van der Waals surface area contributed by atoms with Gasteiger partial charge in [-0.05, 0) is 30.0 Å². The van der Waals surface area contributed by atoms with Crippen molar-refractivity contribution in [3.05, 3.63) is 70.8 Å². The molecular weight excluding hydrogens is 340 g/mol. The molecule has 2 rings (SSSR count). The van der Waals surface area contributed by atoms with Gasteiger partial charge in [-0.15, -0.1) is 0 Å². The van der Waals surface area contributed by atoms with Gasteiger partial charge in [0.25, 0.3) is 0 Å². The van der Waals surface area contributed by atoms with Crippen LogP contribution in [0.3, 0.4) is 0 Å². The van der Waals surface area contributed by atoms with Crippen molar-refractivity contribution in [3.8, 4) is 0 Å². The minimum Gasteiger partial charge on any atom is -0.478 e. The topological polar surface area (TPSA) is 63.6 Å². The molecule has 4 nitrogen and oxygen atoms in total. The number of carboxylic acids is 1. The van der Waals surface area contributed by atoms with Gasteiger partial charge in [0.2, 0.25) is 0 Å². The molecule has 0 spiro atoms. The fourth-order valence-corrected chi connectivity index (χ4v) is 3.13. The van der Waals surface area contributed by atoms with E-state index in [0.717, 1.165) is 24.8 Å². The van der Waals surface area contributed by atoms with Crippen LogP contribution in [0.2, 0.25) is 0 Å². The van der Waals surface area contributed by atoms with E-state index in [4.69, 9.17) is 4.74 Å². The first-order valence-electron chi connectivity index (χ1n) is 9.69. The third kappa shape index (κ3) is 6.55. The molecule has 0 radical (unpaired) electrons. The zero-order valence-corrected chi connectivity index (χ0v) is 15.9. The van der Waals surface area contributed by atoms with Crippen molar-refractivity contribution < 1.29 is 19.4 Å². The molecule has 0 saturated carbocycles. The van der Waals surface area contributed by atoms with Gasteiger partial charge in [0.05, 0.1) is 11.1 Å². The Hall–Kier alpha value is -2.62. The SMILES string of the molecule is CCCCCCCCc1cccc(C(=O)OCc2ccccc2)c1C(=O)O. The van der Waals surface area contributed by atoms with E-state index in [9.17, 15) is 14.7 Å². The molecule has 2 aromatic carbocycles. The van der Waals surface area contributed by atoms with Crippen molar-refractivity contribution in [3.63, 3.8) is 0 Å². The molecule has 0 aliphatic rings. The summed E-state index contributed by atoms with van der Waals surface area (Å²) in [5.41, 5.74) is 1.77. The van der Waals surface area contributed by atoms with Gasteiger partial charge in [0.1, 0.15) is 6.61 Å². The van der Waals surface area contributed by atoms with Crippen molar-refractivity contribution >= 4 is 11.9 Å². The number of benzene rings is 2. The fourth-order valence-electron chi connectivity index (χ4n) is 3.13. The first-order valence-corrected chi connectivity index (χ1v) is 9.69. The van der Waals surface area contributed by atoms with Gasteiger partial charge in [0.15, 0.2) is 0 Å². The Morgan fingerprint density at radius 3 is 2.30 bits per heavy atom. The first kappa shape index (κ1) is 20.7. The number of esters is 1. The maximum Gasteiger partial charge on any atom is 0.339 e. The van der Waals surface area contributed by atoms with Gasteiger partial charge in [0, 0.05) is 0 Å². The van der Waals surface area contributed by atoms with Crippen molar-refractivity contribution in [1.29, 1.82) is 0 Å². The van der Waals surface area contributed by atoms with E-state index >= 15 is 0 Å². The summed E-state index contributed by atoms with van der Waals surface area (Å²) in [4.78, 5) is 24.2. The van der Waals surface area contributed by atoms with Crippen LogP contribution in [0.1, 0.15) is 77.3 Å². The van der Waals surface area contributed by atoms with E-state index in [-0.39, 0.29) is 17.7 Å². The highest BCUT2D eigenvalue weighted by atomic mass is 16.5. The zero-order chi connectivity index (χ0) is 19.5. The third-order valence-corrected chi connectivity index (χ3v) is 4.60. The summed E-state index contributed by atoms with van der Waals surface area (Å²) in [6.45, 7) is 2.31. The number of aryl methyl sites for hydroxylation is 1. The summed E-state index contributed by atoms with van der Waals surface area (Å²) in [5, 5.41) is 9.65. The monoisotopic (exact) mass is 368 g/mol. The van der Waals surface area contributed by atoms with Crippen LogP contribution >= 0.6 is 0 Å². The maximum atomic E-state index is 12.5. The Kier molecular flexibility index (Phi) is 8.56. The van der Waals surface area contributed by atoms with Crippen LogP contribution < -0.4 is 0 Å². The Bertz CT molecular complexity index is 737. The van der Waals surface area contributed by atoms with Crippen LogP contribution in [0.5, 0.6) is 0 Å². The Labute approximate surface area is 161 Å². The normalized spacial score (nSPS) is 10.6. The van der Waals surface area contributed by atoms with Crippen LogP contribution in [-0.4, -0.2) is 17.0 Å². The maximum absolute atomic E-state index is 12.5. The van der Waals surface area contributed by atoms with Crippen molar-refractivity contribution in [2.45, 2.75) is 58.5 Å². The second-order valence-electron chi connectivity index (χ2n) is 6.72. The minimum absolute atomic E-state index is 0.0733. The summed E-state index contributed by atoms with van der Waals surface area (Å²) in [6, 6.07) is 14.4. The molecule has 144 valence electrons. The second kappa shape index (κ2) is 11.2. The Morgan fingerprint density at radius 1 is 0.889 bits per heavy atom. The molecule has 27 heavy (non-hydrogen) atoms. The lowest BCUT2D eigenvalue weighted by molar-refractivity contribution is 0.0463. The van der Waals surface area contributed by atoms with Crippen LogP contribution in [0.25, 0.3) is 0 Å². The standard InChI is InChI=1S/C23H28O4/c1-2-3-4-5-6-10-14-19-15-11-16-20(21(19)22(24)25)23(26)27-17-18-12-8-7-9-13-18/h7-9,11-13,15-16H,2-6,10,14,17H2,1H3,(H,24,25). The highest BCUT2D eigenvalue weighted by molar-refractivity contribution is 6.03. The molecule has 0 amide bonds. The summed E-state index contributed by atoms with van der Waals surface area (Å²) < 4.78 is 5.33. The molecule has 0 atom stereocenters. The summed E-state index contributed by atoms with van der Waals surface area (Å²) >= 11 is 0. The van der Waals surface area contributed by atoms with Crippen molar-refractivity contribution in [2.24, 2.45) is 0 Å². The lowest BCUT2D eigenvalue weighted by Gasteiger charge is -2.12. The van der Waals surface area contributed by atoms with Gasteiger partial charge in [-0.1, -0.05) is 81.5 Å². The lowest BCUT2D eigenvalue weighted by atomic mass is 9.96. The number of aromatic carboxylic acids is 1.